The van der Waals surface area contributed by atoms with Crippen LogP contribution < -0.4 is 9.64 Å². The molecule has 46 heavy (non-hydrogen) atoms. The van der Waals surface area contributed by atoms with E-state index < -0.39 is 59.7 Å². The van der Waals surface area contributed by atoms with Crippen LogP contribution in [-0.4, -0.2) is 27.3 Å². The third kappa shape index (κ3) is 7.53. The highest BCUT2D eigenvalue weighted by molar-refractivity contribution is 5.76. The van der Waals surface area contributed by atoms with E-state index in [4.69, 9.17) is 4.74 Å². The normalized spacial score (nSPS) is 12.6. The van der Waals surface area contributed by atoms with E-state index in [-0.39, 0.29) is 51.5 Å². The fourth-order valence-electron chi connectivity index (χ4n) is 4.97. The van der Waals surface area contributed by atoms with Crippen LogP contribution in [0.2, 0.25) is 0 Å². The number of rotatable bonds is 8. The second-order valence-corrected chi connectivity index (χ2v) is 10.9. The Bertz CT molecular complexity index is 1690. The van der Waals surface area contributed by atoms with Crippen molar-refractivity contribution in [1.29, 1.82) is 0 Å². The van der Waals surface area contributed by atoms with Crippen molar-refractivity contribution in [2.75, 3.05) is 12.0 Å². The molecular formula is C30H27F10N5O. The van der Waals surface area contributed by atoms with Gasteiger partial charge in [0, 0.05) is 24.7 Å². The lowest BCUT2D eigenvalue weighted by Gasteiger charge is -2.25. The summed E-state index contributed by atoms with van der Waals surface area (Å²) in [5, 5.41) is 11.5. The summed E-state index contributed by atoms with van der Waals surface area (Å²) in [5.74, 6) is -1.26. The summed E-state index contributed by atoms with van der Waals surface area (Å²) in [6.45, 7) is 3.40. The van der Waals surface area contributed by atoms with Gasteiger partial charge in [0.05, 0.1) is 30.8 Å². The van der Waals surface area contributed by atoms with Crippen LogP contribution in [0.25, 0.3) is 11.1 Å². The quantitative estimate of drug-likeness (QED) is 0.177. The summed E-state index contributed by atoms with van der Waals surface area (Å²) in [7, 11) is 2.59. The molecule has 0 bridgehead atoms. The Balaban J connectivity index is 1.95. The molecule has 0 saturated heterocycles. The van der Waals surface area contributed by atoms with Gasteiger partial charge in [0.15, 0.2) is 0 Å². The Hall–Kier alpha value is -4.37. The molecule has 0 N–H and O–H groups in total. The highest BCUT2D eigenvalue weighted by atomic mass is 19.4. The number of alkyl halides is 9. The zero-order chi connectivity index (χ0) is 34.4. The first-order chi connectivity index (χ1) is 21.2. The molecule has 0 aliphatic heterocycles. The van der Waals surface area contributed by atoms with Crippen molar-refractivity contribution in [1.82, 2.24) is 20.2 Å². The Kier molecular flexibility index (Phi) is 9.33. The molecule has 248 valence electrons. The molecule has 0 radical (unpaired) electrons. The van der Waals surface area contributed by atoms with Gasteiger partial charge < -0.3 is 9.64 Å². The standard InChI is InChI=1S/C30H27F10N5O/c1-15(2)21-11-23(26(46-5)12-25(21)31)22-6-16(3)24(30(38,39)40)9-18(22)14-45(27-41-43-44(4)42-27)13-17-7-19(28(32,33)34)10-20(8-17)29(35,36)37/h6-12,15H,13-14H2,1-5H3. The molecule has 4 aromatic rings. The van der Waals surface area contributed by atoms with E-state index in [1.54, 1.807) is 13.8 Å². The van der Waals surface area contributed by atoms with Crippen molar-refractivity contribution in [3.8, 4) is 16.9 Å². The topological polar surface area (TPSA) is 56.1 Å². The lowest BCUT2D eigenvalue weighted by Crippen LogP contribution is -2.25. The molecule has 0 atom stereocenters. The summed E-state index contributed by atoms with van der Waals surface area (Å²) in [6.07, 6.45) is -15.1. The van der Waals surface area contributed by atoms with Gasteiger partial charge in [-0.2, -0.15) is 44.3 Å². The Labute approximate surface area is 256 Å². The van der Waals surface area contributed by atoms with Gasteiger partial charge >= 0.3 is 18.5 Å². The maximum absolute atomic E-state index is 14.9. The van der Waals surface area contributed by atoms with Crippen molar-refractivity contribution >= 4 is 5.95 Å². The third-order valence-corrected chi connectivity index (χ3v) is 7.15. The zero-order valence-corrected chi connectivity index (χ0v) is 25.0. The summed E-state index contributed by atoms with van der Waals surface area (Å²) in [6, 6.07) is 5.53. The highest BCUT2D eigenvalue weighted by Crippen LogP contribution is 2.42. The first-order valence-corrected chi connectivity index (χ1v) is 13.5. The molecule has 0 fully saturated rings. The van der Waals surface area contributed by atoms with E-state index in [0.29, 0.717) is 12.1 Å². The summed E-state index contributed by atoms with van der Waals surface area (Å²) in [4.78, 5) is 2.06. The van der Waals surface area contributed by atoms with Gasteiger partial charge in [0.25, 0.3) is 5.95 Å². The van der Waals surface area contributed by atoms with Crippen LogP contribution >= 0.6 is 0 Å². The van der Waals surface area contributed by atoms with Crippen LogP contribution in [0.5, 0.6) is 5.75 Å². The molecule has 0 spiro atoms. The third-order valence-electron chi connectivity index (χ3n) is 7.15. The Morgan fingerprint density at radius 2 is 1.41 bits per heavy atom. The van der Waals surface area contributed by atoms with Crippen molar-refractivity contribution in [3.05, 3.63) is 87.2 Å². The number of hydrogen-bond acceptors (Lipinski definition) is 5. The monoisotopic (exact) mass is 663 g/mol. The fraction of sp³-hybridized carbons (Fsp3) is 0.367. The van der Waals surface area contributed by atoms with Gasteiger partial charge in [-0.05, 0) is 76.2 Å². The van der Waals surface area contributed by atoms with Crippen LogP contribution in [0.4, 0.5) is 49.9 Å². The molecule has 0 aliphatic carbocycles. The van der Waals surface area contributed by atoms with Crippen molar-refractivity contribution in [2.45, 2.75) is 58.3 Å². The molecule has 0 aliphatic rings. The SMILES string of the molecule is COc1cc(F)c(C(C)C)cc1-c1cc(C)c(C(F)(F)F)cc1CN(Cc1cc(C(F)(F)F)cc(C(F)(F)F)c1)c1nnn(C)n1. The summed E-state index contributed by atoms with van der Waals surface area (Å²) in [5.41, 5.74) is -4.33. The second-order valence-electron chi connectivity index (χ2n) is 10.9. The number of anilines is 1. The van der Waals surface area contributed by atoms with Crippen LogP contribution in [0, 0.1) is 12.7 Å². The first-order valence-electron chi connectivity index (χ1n) is 13.5. The maximum Gasteiger partial charge on any atom is 0.416 e. The number of benzene rings is 3. The molecular weight excluding hydrogens is 636 g/mol. The number of aromatic nitrogens is 4. The molecule has 0 unspecified atom stereocenters. The van der Waals surface area contributed by atoms with Gasteiger partial charge in [0.1, 0.15) is 11.6 Å². The smallest absolute Gasteiger partial charge is 0.416 e. The molecule has 6 nitrogen and oxygen atoms in total. The average molecular weight is 664 g/mol. The molecule has 4 rings (SSSR count). The van der Waals surface area contributed by atoms with Gasteiger partial charge in [-0.1, -0.05) is 25.0 Å². The van der Waals surface area contributed by atoms with E-state index in [2.05, 4.69) is 15.4 Å². The number of hydrogen-bond donors (Lipinski definition) is 0. The van der Waals surface area contributed by atoms with Crippen LogP contribution in [0.1, 0.15) is 58.7 Å². The van der Waals surface area contributed by atoms with E-state index in [1.807, 2.05) is 0 Å². The lowest BCUT2D eigenvalue weighted by atomic mass is 9.90. The number of ether oxygens (including phenoxy) is 1. The van der Waals surface area contributed by atoms with Crippen LogP contribution in [0.3, 0.4) is 0 Å². The molecule has 1 heterocycles. The largest absolute Gasteiger partial charge is 0.496 e. The predicted molar refractivity (Wildman–Crippen MR) is 147 cm³/mol. The molecule has 16 heteroatoms. The van der Waals surface area contributed by atoms with Gasteiger partial charge in [-0.3, -0.25) is 0 Å². The molecule has 0 saturated carbocycles. The van der Waals surface area contributed by atoms with Gasteiger partial charge in [0.2, 0.25) is 0 Å². The number of tetrazole rings is 1. The minimum atomic E-state index is -5.13. The summed E-state index contributed by atoms with van der Waals surface area (Å²) < 4.78 is 144. The Morgan fingerprint density at radius 1 is 0.804 bits per heavy atom. The number of methoxy groups -OCH3 is 1. The molecule has 1 aromatic heterocycles. The van der Waals surface area contributed by atoms with Crippen LogP contribution in [-0.2, 0) is 38.7 Å². The minimum absolute atomic E-state index is 0.0146. The zero-order valence-electron chi connectivity index (χ0n) is 25.0. The van der Waals surface area contributed by atoms with Gasteiger partial charge in [-0.25, -0.2) is 4.39 Å². The maximum atomic E-state index is 14.9. The summed E-state index contributed by atoms with van der Waals surface area (Å²) >= 11 is 0. The Morgan fingerprint density at radius 3 is 1.89 bits per heavy atom. The fourth-order valence-corrected chi connectivity index (χ4v) is 4.97. The van der Waals surface area contributed by atoms with Crippen molar-refractivity contribution < 1.29 is 48.6 Å². The first kappa shape index (κ1) is 34.5. The van der Waals surface area contributed by atoms with E-state index in [9.17, 15) is 43.9 Å². The molecule has 0 amide bonds. The van der Waals surface area contributed by atoms with Crippen LogP contribution in [0.15, 0.2) is 42.5 Å². The number of halogens is 10. The minimum Gasteiger partial charge on any atom is -0.496 e. The van der Waals surface area contributed by atoms with E-state index in [0.717, 1.165) is 21.8 Å². The van der Waals surface area contributed by atoms with Crippen molar-refractivity contribution in [2.24, 2.45) is 7.05 Å². The molecule has 3 aromatic carbocycles. The highest BCUT2D eigenvalue weighted by Gasteiger charge is 2.38. The van der Waals surface area contributed by atoms with E-state index in [1.165, 1.54) is 33.2 Å². The second kappa shape index (κ2) is 12.4. The van der Waals surface area contributed by atoms with Crippen molar-refractivity contribution in [3.63, 3.8) is 0 Å². The number of nitrogens with zero attached hydrogens (tertiary/aromatic N) is 5. The predicted octanol–water partition coefficient (Wildman–Crippen LogP) is 8.72. The van der Waals surface area contributed by atoms with Gasteiger partial charge in [-0.15, -0.1) is 5.10 Å². The number of aryl methyl sites for hydroxylation is 2. The lowest BCUT2D eigenvalue weighted by molar-refractivity contribution is -0.143. The van der Waals surface area contributed by atoms with E-state index >= 15 is 0 Å². The average Bonchev–Trinajstić information content (AvgIpc) is 3.37.